The minimum atomic E-state index is -5.08. The molecule has 1 aliphatic carbocycles. The normalized spacial score (nSPS) is 23.9. The first-order valence-corrected chi connectivity index (χ1v) is 14.0. The molecular weight excluding hydrogens is 583 g/mol. The van der Waals surface area contributed by atoms with Crippen molar-refractivity contribution < 1.29 is 42.1 Å². The molecule has 14 heteroatoms. The Balaban J connectivity index is 0.000000566. The number of ether oxygens (including phenoxy) is 2. The molecule has 44 heavy (non-hydrogen) atoms. The Hall–Kier alpha value is -4.36. The number of rotatable bonds is 6. The standard InChI is InChI=1S/C28H35N5O4.C2HF3O2/c1-27(2)14-23(34)33(26(29)32-27)24(16-7-6-10-30-15-16)19-12-20(19)25(35)31-21-13-28(3,4)37-22-11-17(36-5)8-9-18(21)22;3-2(4,5)1(6)7/h6-11,15,19-21,24H,12-14H2,1-5H3,(H2,29,32)(H,31,35);(H,6,7)/t19-,20-,21?,24?;/m1./s1. The van der Waals surface area contributed by atoms with Crippen molar-refractivity contribution in [2.24, 2.45) is 11.8 Å². The van der Waals surface area contributed by atoms with E-state index in [9.17, 15) is 22.8 Å². The van der Waals surface area contributed by atoms with Gasteiger partial charge in [-0.1, -0.05) is 6.07 Å². The Morgan fingerprint density at radius 1 is 1.25 bits per heavy atom. The van der Waals surface area contributed by atoms with Crippen LogP contribution in [0.1, 0.15) is 70.2 Å². The van der Waals surface area contributed by atoms with Gasteiger partial charge >= 0.3 is 12.1 Å². The molecule has 4 N–H and O–H groups in total. The lowest BCUT2D eigenvalue weighted by Gasteiger charge is -2.42. The Kier molecular flexibility index (Phi) is 8.85. The molecule has 0 spiro atoms. The van der Waals surface area contributed by atoms with Crippen molar-refractivity contribution >= 4 is 23.7 Å². The van der Waals surface area contributed by atoms with Crippen LogP contribution in [0.15, 0.2) is 42.7 Å². The summed E-state index contributed by atoms with van der Waals surface area (Å²) in [5.41, 5.74) is 0.809. The van der Waals surface area contributed by atoms with Gasteiger partial charge in [-0.2, -0.15) is 13.2 Å². The van der Waals surface area contributed by atoms with Crippen molar-refractivity contribution in [3.63, 3.8) is 0 Å². The fourth-order valence-corrected chi connectivity index (χ4v) is 5.68. The number of methoxy groups -OCH3 is 1. The number of amides is 2. The second-order valence-corrected chi connectivity index (χ2v) is 12.4. The highest BCUT2D eigenvalue weighted by Gasteiger charge is 2.54. The predicted octanol–water partition coefficient (Wildman–Crippen LogP) is 4.35. The van der Waals surface area contributed by atoms with Crippen molar-refractivity contribution in [2.45, 2.75) is 76.4 Å². The van der Waals surface area contributed by atoms with Gasteiger partial charge in [0.2, 0.25) is 11.8 Å². The van der Waals surface area contributed by atoms with E-state index in [0.29, 0.717) is 24.3 Å². The second-order valence-electron chi connectivity index (χ2n) is 12.4. The molecule has 2 aliphatic heterocycles. The van der Waals surface area contributed by atoms with Crippen molar-refractivity contribution in [1.29, 1.82) is 5.41 Å². The number of alkyl halides is 3. The summed E-state index contributed by atoms with van der Waals surface area (Å²) in [7, 11) is 1.62. The molecule has 1 saturated carbocycles. The Bertz CT molecular complexity index is 1410. The molecule has 3 aliphatic rings. The minimum absolute atomic E-state index is 0.0485. The van der Waals surface area contributed by atoms with E-state index >= 15 is 0 Å². The number of carboxylic acid groups (broad SMARTS) is 1. The summed E-state index contributed by atoms with van der Waals surface area (Å²) in [5.74, 6) is -1.83. The lowest BCUT2D eigenvalue weighted by atomic mass is 9.89. The largest absolute Gasteiger partial charge is 0.497 e. The summed E-state index contributed by atoms with van der Waals surface area (Å²) in [6.45, 7) is 7.84. The number of guanidine groups is 1. The zero-order valence-electron chi connectivity index (χ0n) is 25.0. The molecule has 5 rings (SSSR count). The van der Waals surface area contributed by atoms with Crippen molar-refractivity contribution in [3.05, 3.63) is 53.9 Å². The number of carbonyl (C=O) groups excluding carboxylic acids is 2. The average Bonchev–Trinajstić information content (AvgIpc) is 3.70. The van der Waals surface area contributed by atoms with Gasteiger partial charge in [-0.15, -0.1) is 0 Å². The number of benzene rings is 1. The number of hydrogen-bond acceptors (Lipinski definition) is 7. The minimum Gasteiger partial charge on any atom is -0.497 e. The van der Waals surface area contributed by atoms with Crippen LogP contribution in [0.3, 0.4) is 0 Å². The Morgan fingerprint density at radius 2 is 1.93 bits per heavy atom. The van der Waals surface area contributed by atoms with Gasteiger partial charge in [-0.3, -0.25) is 24.9 Å². The predicted molar refractivity (Wildman–Crippen MR) is 152 cm³/mol. The molecule has 1 saturated heterocycles. The number of carboxylic acids is 1. The summed E-state index contributed by atoms with van der Waals surface area (Å²) in [5, 5.41) is 22.2. The van der Waals surface area contributed by atoms with E-state index in [1.54, 1.807) is 19.5 Å². The Labute approximate surface area is 252 Å². The van der Waals surface area contributed by atoms with Gasteiger partial charge in [-0.05, 0) is 63.8 Å². The fraction of sp³-hybridized carbons (Fsp3) is 0.500. The number of nitrogens with one attached hydrogen (secondary N) is 3. The van der Waals surface area contributed by atoms with Crippen LogP contribution in [0.2, 0.25) is 0 Å². The van der Waals surface area contributed by atoms with Gasteiger partial charge in [0.15, 0.2) is 5.96 Å². The van der Waals surface area contributed by atoms with Crippen LogP contribution in [-0.2, 0) is 14.4 Å². The van der Waals surface area contributed by atoms with E-state index in [-0.39, 0.29) is 42.1 Å². The summed E-state index contributed by atoms with van der Waals surface area (Å²) >= 11 is 0. The maximum absolute atomic E-state index is 13.5. The zero-order valence-corrected chi connectivity index (χ0v) is 25.0. The van der Waals surface area contributed by atoms with Gasteiger partial charge in [0.05, 0.1) is 19.2 Å². The average molecular weight is 620 g/mol. The second kappa shape index (κ2) is 12.0. The number of hydrogen-bond donors (Lipinski definition) is 4. The summed E-state index contributed by atoms with van der Waals surface area (Å²) in [4.78, 5) is 41.4. The quantitative estimate of drug-likeness (QED) is 0.372. The number of aromatic nitrogens is 1. The van der Waals surface area contributed by atoms with Crippen LogP contribution >= 0.6 is 0 Å². The topological polar surface area (TPSA) is 154 Å². The highest BCUT2D eigenvalue weighted by atomic mass is 19.4. The lowest BCUT2D eigenvalue weighted by molar-refractivity contribution is -0.192. The van der Waals surface area contributed by atoms with Crippen LogP contribution in [0, 0.1) is 17.2 Å². The van der Waals surface area contributed by atoms with E-state index in [1.165, 1.54) is 4.90 Å². The summed E-state index contributed by atoms with van der Waals surface area (Å²) in [6, 6.07) is 8.78. The molecule has 2 fully saturated rings. The van der Waals surface area contributed by atoms with Crippen LogP contribution in [0.5, 0.6) is 11.5 Å². The van der Waals surface area contributed by atoms with Gasteiger partial charge in [0.25, 0.3) is 0 Å². The van der Waals surface area contributed by atoms with Crippen molar-refractivity contribution in [1.82, 2.24) is 20.5 Å². The first-order valence-electron chi connectivity index (χ1n) is 14.0. The summed E-state index contributed by atoms with van der Waals surface area (Å²) < 4.78 is 43.3. The van der Waals surface area contributed by atoms with E-state index in [4.69, 9.17) is 24.8 Å². The third kappa shape index (κ3) is 7.40. The van der Waals surface area contributed by atoms with E-state index in [0.717, 1.165) is 11.1 Å². The van der Waals surface area contributed by atoms with E-state index < -0.39 is 29.3 Å². The summed E-state index contributed by atoms with van der Waals surface area (Å²) in [6.07, 6.45) is -0.138. The molecule has 2 aromatic rings. The smallest absolute Gasteiger partial charge is 0.490 e. The number of halogens is 3. The van der Waals surface area contributed by atoms with Crippen LogP contribution in [0.4, 0.5) is 13.2 Å². The molecule has 0 radical (unpaired) electrons. The lowest BCUT2D eigenvalue weighted by Crippen LogP contribution is -2.60. The van der Waals surface area contributed by atoms with Gasteiger partial charge in [0, 0.05) is 48.3 Å². The third-order valence-electron chi connectivity index (χ3n) is 7.68. The fourth-order valence-electron chi connectivity index (χ4n) is 5.68. The zero-order chi connectivity index (χ0) is 32.6. The number of fused-ring (bicyclic) bond motifs is 1. The van der Waals surface area contributed by atoms with Crippen molar-refractivity contribution in [3.8, 4) is 11.5 Å². The molecule has 238 valence electrons. The molecule has 1 aromatic carbocycles. The maximum atomic E-state index is 13.5. The maximum Gasteiger partial charge on any atom is 0.490 e. The monoisotopic (exact) mass is 619 g/mol. The highest BCUT2D eigenvalue weighted by molar-refractivity contribution is 5.99. The third-order valence-corrected chi connectivity index (χ3v) is 7.68. The molecule has 4 atom stereocenters. The SMILES string of the molecule is COc1ccc2c(c1)OC(C)(C)CC2NC(=O)[C@@H]1C[C@H]1C(c1cccnc1)N1C(=N)NC(C)(C)CC1=O.O=C(O)C(F)(F)F. The first-order chi connectivity index (χ1) is 20.4. The molecule has 0 bridgehead atoms. The van der Waals surface area contributed by atoms with Crippen LogP contribution in [-0.4, -0.2) is 63.2 Å². The molecule has 1 aromatic heterocycles. The molecule has 3 heterocycles. The number of aliphatic carboxylic acids is 1. The first kappa shape index (κ1) is 32.6. The van der Waals surface area contributed by atoms with Crippen molar-refractivity contribution in [2.75, 3.05) is 7.11 Å². The Morgan fingerprint density at radius 3 is 2.50 bits per heavy atom. The molecular formula is C30H36F3N5O6. The molecule has 11 nitrogen and oxygen atoms in total. The highest BCUT2D eigenvalue weighted by Crippen LogP contribution is 2.51. The number of carbonyl (C=O) groups is 3. The van der Waals surface area contributed by atoms with Crippen LogP contribution < -0.4 is 20.1 Å². The van der Waals surface area contributed by atoms with Gasteiger partial charge in [0.1, 0.15) is 17.1 Å². The van der Waals surface area contributed by atoms with Gasteiger partial charge in [-0.25, -0.2) is 4.79 Å². The van der Waals surface area contributed by atoms with E-state index in [1.807, 2.05) is 58.0 Å². The molecule has 2 unspecified atom stereocenters. The number of nitrogens with zero attached hydrogens (tertiary/aromatic N) is 2. The van der Waals surface area contributed by atoms with Crippen LogP contribution in [0.25, 0.3) is 0 Å². The number of pyridine rings is 1. The molecule has 2 amide bonds. The van der Waals surface area contributed by atoms with E-state index in [2.05, 4.69) is 15.6 Å². The van der Waals surface area contributed by atoms with Gasteiger partial charge < -0.3 is 25.2 Å².